The number of nitrogens with zero attached hydrogens (tertiary/aromatic N) is 2. The molecule has 0 amide bonds. The van der Waals surface area contributed by atoms with Gasteiger partial charge in [0.1, 0.15) is 11.2 Å². The zero-order valence-corrected chi connectivity index (χ0v) is 26.6. The zero-order valence-electron chi connectivity index (χ0n) is 26.6. The van der Waals surface area contributed by atoms with E-state index in [0.29, 0.717) is 0 Å². The largest absolute Gasteiger partial charge is 0.456 e. The Morgan fingerprint density at radius 1 is 0.408 bits per heavy atom. The second kappa shape index (κ2) is 11.0. The Bertz CT molecular complexity index is 2830. The molecule has 0 spiro atoms. The highest BCUT2D eigenvalue weighted by atomic mass is 16.3. The van der Waals surface area contributed by atoms with E-state index < -0.39 is 0 Å². The molecule has 3 nitrogen and oxygen atoms in total. The molecule has 8 aromatic carbocycles. The van der Waals surface area contributed by atoms with Gasteiger partial charge in [0, 0.05) is 44.2 Å². The van der Waals surface area contributed by atoms with Crippen LogP contribution in [0.15, 0.2) is 186 Å². The predicted octanol–water partition coefficient (Wildman–Crippen LogP) is 13.0. The number of benzene rings is 8. The molecule has 230 valence electrons. The fraction of sp³-hybridized carbons (Fsp3) is 0. The minimum atomic E-state index is 0.900. The topological polar surface area (TPSA) is 21.3 Å². The maximum atomic E-state index is 6.32. The van der Waals surface area contributed by atoms with E-state index in [1.807, 2.05) is 12.1 Å². The second-order valence-corrected chi connectivity index (χ2v) is 12.6. The molecule has 0 aliphatic rings. The Morgan fingerprint density at radius 2 is 1.08 bits per heavy atom. The number of aromatic nitrogens is 1. The van der Waals surface area contributed by atoms with Crippen LogP contribution in [0, 0.1) is 0 Å². The molecule has 49 heavy (non-hydrogen) atoms. The zero-order chi connectivity index (χ0) is 32.3. The lowest BCUT2D eigenvalue weighted by molar-refractivity contribution is 0.669. The molecule has 3 heteroatoms. The highest BCUT2D eigenvalue weighted by Crippen LogP contribution is 2.44. The minimum Gasteiger partial charge on any atom is -0.456 e. The van der Waals surface area contributed by atoms with Crippen LogP contribution in [0.25, 0.3) is 71.3 Å². The van der Waals surface area contributed by atoms with Crippen LogP contribution in [0.2, 0.25) is 0 Å². The Labute approximate surface area is 283 Å². The fourth-order valence-electron chi connectivity index (χ4n) is 7.51. The highest BCUT2D eigenvalue weighted by molar-refractivity contribution is 6.12. The van der Waals surface area contributed by atoms with Gasteiger partial charge in [-0.05, 0) is 89.1 Å². The summed E-state index contributed by atoms with van der Waals surface area (Å²) < 4.78 is 8.69. The first-order valence-corrected chi connectivity index (χ1v) is 16.7. The van der Waals surface area contributed by atoms with Gasteiger partial charge in [0.2, 0.25) is 0 Å². The number of rotatable bonds is 5. The minimum absolute atomic E-state index is 0.900. The van der Waals surface area contributed by atoms with Crippen molar-refractivity contribution in [1.29, 1.82) is 0 Å². The maximum Gasteiger partial charge on any atom is 0.136 e. The molecule has 0 fully saturated rings. The molecule has 0 bridgehead atoms. The summed E-state index contributed by atoms with van der Waals surface area (Å²) in [4.78, 5) is 2.40. The van der Waals surface area contributed by atoms with Crippen molar-refractivity contribution in [3.05, 3.63) is 182 Å². The summed E-state index contributed by atoms with van der Waals surface area (Å²) in [6, 6.07) is 65.1. The number of hydrogen-bond donors (Lipinski definition) is 0. The molecule has 0 N–H and O–H groups in total. The van der Waals surface area contributed by atoms with Crippen LogP contribution in [-0.2, 0) is 0 Å². The first-order chi connectivity index (χ1) is 24.3. The van der Waals surface area contributed by atoms with Crippen LogP contribution >= 0.6 is 0 Å². The average molecular weight is 627 g/mol. The fourth-order valence-corrected chi connectivity index (χ4v) is 7.51. The van der Waals surface area contributed by atoms with E-state index in [1.54, 1.807) is 0 Å². The van der Waals surface area contributed by atoms with Crippen molar-refractivity contribution < 1.29 is 4.42 Å². The maximum absolute atomic E-state index is 6.32. The first-order valence-electron chi connectivity index (χ1n) is 16.7. The summed E-state index contributed by atoms with van der Waals surface area (Å²) in [5.74, 6) is 0. The van der Waals surface area contributed by atoms with Crippen molar-refractivity contribution in [2.75, 3.05) is 4.90 Å². The summed E-state index contributed by atoms with van der Waals surface area (Å²) in [5, 5.41) is 7.04. The van der Waals surface area contributed by atoms with Crippen LogP contribution < -0.4 is 4.90 Å². The van der Waals surface area contributed by atoms with Crippen molar-refractivity contribution in [3.63, 3.8) is 0 Å². The first kappa shape index (κ1) is 27.5. The number of hydrogen-bond acceptors (Lipinski definition) is 2. The third kappa shape index (κ3) is 4.44. The summed E-state index contributed by atoms with van der Waals surface area (Å²) >= 11 is 0. The summed E-state index contributed by atoms with van der Waals surface area (Å²) in [7, 11) is 0. The average Bonchev–Trinajstić information content (AvgIpc) is 3.70. The molecule has 0 atom stereocenters. The highest BCUT2D eigenvalue weighted by Gasteiger charge is 2.20. The van der Waals surface area contributed by atoms with Gasteiger partial charge in [0.05, 0.1) is 16.7 Å². The van der Waals surface area contributed by atoms with Gasteiger partial charge in [0.15, 0.2) is 0 Å². The Morgan fingerprint density at radius 3 is 1.96 bits per heavy atom. The van der Waals surface area contributed by atoms with Crippen molar-refractivity contribution >= 4 is 71.6 Å². The molecule has 0 aliphatic heterocycles. The molecule has 2 aromatic heterocycles. The standard InChI is InChI=1S/C46H30N2O/c1-3-13-31(14-4-1)37-17-7-10-20-42(37)47(35-24-23-32-28-41-39-19-9-12-22-45(39)49-46(41)29-33(32)27-35)36-25-26-44-40(30-36)38-18-8-11-21-43(38)48(44)34-15-5-2-6-16-34/h1-30H. The molecule has 10 aromatic rings. The molecule has 0 radical (unpaired) electrons. The van der Waals surface area contributed by atoms with Gasteiger partial charge in [-0.2, -0.15) is 0 Å². The molecule has 2 heterocycles. The van der Waals surface area contributed by atoms with Gasteiger partial charge in [-0.15, -0.1) is 0 Å². The lowest BCUT2D eigenvalue weighted by atomic mass is 10.0. The monoisotopic (exact) mass is 626 g/mol. The van der Waals surface area contributed by atoms with Gasteiger partial charge < -0.3 is 13.9 Å². The quantitative estimate of drug-likeness (QED) is 0.190. The molecule has 0 saturated carbocycles. The third-order valence-electron chi connectivity index (χ3n) is 9.74. The van der Waals surface area contributed by atoms with Crippen LogP contribution in [0.1, 0.15) is 0 Å². The van der Waals surface area contributed by atoms with Gasteiger partial charge in [0.25, 0.3) is 0 Å². The van der Waals surface area contributed by atoms with Crippen LogP contribution in [-0.4, -0.2) is 4.57 Å². The van der Waals surface area contributed by atoms with E-state index in [4.69, 9.17) is 4.42 Å². The van der Waals surface area contributed by atoms with Crippen LogP contribution in [0.5, 0.6) is 0 Å². The number of para-hydroxylation sites is 4. The van der Waals surface area contributed by atoms with Gasteiger partial charge in [-0.3, -0.25) is 0 Å². The lowest BCUT2D eigenvalue weighted by Crippen LogP contribution is -2.11. The smallest absolute Gasteiger partial charge is 0.136 e. The van der Waals surface area contributed by atoms with E-state index in [2.05, 4.69) is 179 Å². The number of anilines is 3. The normalized spacial score (nSPS) is 11.7. The molecule has 0 aliphatic carbocycles. The summed E-state index contributed by atoms with van der Waals surface area (Å²) in [6.45, 7) is 0. The molecule has 0 saturated heterocycles. The third-order valence-corrected chi connectivity index (χ3v) is 9.74. The Hall–Kier alpha value is -6.58. The van der Waals surface area contributed by atoms with Crippen LogP contribution in [0.3, 0.4) is 0 Å². The van der Waals surface area contributed by atoms with Gasteiger partial charge in [-0.25, -0.2) is 0 Å². The Kier molecular flexibility index (Phi) is 6.18. The number of fused-ring (bicyclic) bond motifs is 7. The lowest BCUT2D eigenvalue weighted by Gasteiger charge is -2.28. The van der Waals surface area contributed by atoms with E-state index in [9.17, 15) is 0 Å². The predicted molar refractivity (Wildman–Crippen MR) is 206 cm³/mol. The van der Waals surface area contributed by atoms with E-state index in [0.717, 1.165) is 50.1 Å². The van der Waals surface area contributed by atoms with Gasteiger partial charge in [-0.1, -0.05) is 109 Å². The Balaban J connectivity index is 1.23. The van der Waals surface area contributed by atoms with Crippen molar-refractivity contribution in [2.24, 2.45) is 0 Å². The molecule has 10 rings (SSSR count). The van der Waals surface area contributed by atoms with Crippen molar-refractivity contribution in [3.8, 4) is 16.8 Å². The molecular weight excluding hydrogens is 597 g/mol. The van der Waals surface area contributed by atoms with E-state index >= 15 is 0 Å². The van der Waals surface area contributed by atoms with E-state index in [1.165, 1.54) is 38.3 Å². The number of furan rings is 1. The molecule has 0 unspecified atom stereocenters. The summed E-state index contributed by atoms with van der Waals surface area (Å²) in [5.41, 5.74) is 11.0. The van der Waals surface area contributed by atoms with Gasteiger partial charge >= 0.3 is 0 Å². The summed E-state index contributed by atoms with van der Waals surface area (Å²) in [6.07, 6.45) is 0. The van der Waals surface area contributed by atoms with Crippen LogP contribution in [0.4, 0.5) is 17.1 Å². The van der Waals surface area contributed by atoms with Crippen molar-refractivity contribution in [1.82, 2.24) is 4.57 Å². The SMILES string of the molecule is c1ccc(-c2ccccc2N(c2ccc3cc4c(cc3c2)oc2ccccc24)c2ccc3c(c2)c2ccccc2n3-c2ccccc2)cc1. The van der Waals surface area contributed by atoms with E-state index in [-0.39, 0.29) is 0 Å². The van der Waals surface area contributed by atoms with Crippen molar-refractivity contribution in [2.45, 2.75) is 0 Å². The second-order valence-electron chi connectivity index (χ2n) is 12.6. The molecular formula is C46H30N2O.